The third-order valence-electron chi connectivity index (χ3n) is 5.44. The number of hydrogen-bond donors (Lipinski definition) is 1. The molecule has 1 aliphatic rings. The highest BCUT2D eigenvalue weighted by Gasteiger charge is 2.21. The lowest BCUT2D eigenvalue weighted by Crippen LogP contribution is -2.49. The Morgan fingerprint density at radius 1 is 1.07 bits per heavy atom. The van der Waals surface area contributed by atoms with Gasteiger partial charge in [0.25, 0.3) is 0 Å². The number of piperazine rings is 1. The lowest BCUT2D eigenvalue weighted by atomic mass is 9.96. The molecule has 5 heteroatoms. The molecule has 1 aromatic heterocycles. The average Bonchev–Trinajstić information content (AvgIpc) is 2.66. The number of aromatic nitrogens is 1. The van der Waals surface area contributed by atoms with Crippen LogP contribution in [-0.4, -0.2) is 48.5 Å². The first-order chi connectivity index (χ1) is 12.9. The van der Waals surface area contributed by atoms with Gasteiger partial charge in [0, 0.05) is 32.4 Å². The first-order valence-corrected chi connectivity index (χ1v) is 9.69. The van der Waals surface area contributed by atoms with E-state index in [1.165, 1.54) is 22.3 Å². The number of aryl methyl sites for hydroxylation is 3. The minimum absolute atomic E-state index is 0.0200. The van der Waals surface area contributed by atoms with E-state index in [-0.39, 0.29) is 11.9 Å². The quantitative estimate of drug-likeness (QED) is 0.884. The average molecular weight is 367 g/mol. The van der Waals surface area contributed by atoms with Gasteiger partial charge in [0.05, 0.1) is 12.6 Å². The molecule has 1 aromatic carbocycles. The lowest BCUT2D eigenvalue weighted by molar-refractivity contribution is -0.123. The molecule has 1 saturated heterocycles. The van der Waals surface area contributed by atoms with Crippen molar-refractivity contribution in [3.05, 3.63) is 58.8 Å². The zero-order valence-corrected chi connectivity index (χ0v) is 16.8. The SMILES string of the molecule is Cc1cc(C)c(C(C)NC(=O)CN2CCN(c3ccccn3)CC2)cc1C. The number of nitrogens with zero attached hydrogens (tertiary/aromatic N) is 3. The molecule has 0 saturated carbocycles. The van der Waals surface area contributed by atoms with Gasteiger partial charge in [0.1, 0.15) is 5.82 Å². The molecule has 5 nitrogen and oxygen atoms in total. The number of nitrogens with one attached hydrogen (secondary N) is 1. The monoisotopic (exact) mass is 366 g/mol. The molecule has 1 unspecified atom stereocenters. The molecule has 27 heavy (non-hydrogen) atoms. The Labute approximate surface area is 162 Å². The van der Waals surface area contributed by atoms with Crippen LogP contribution in [0.4, 0.5) is 5.82 Å². The van der Waals surface area contributed by atoms with Crippen molar-refractivity contribution >= 4 is 11.7 Å². The molecule has 144 valence electrons. The van der Waals surface area contributed by atoms with Crippen LogP contribution >= 0.6 is 0 Å². The van der Waals surface area contributed by atoms with Crippen LogP contribution in [0.1, 0.15) is 35.2 Å². The summed E-state index contributed by atoms with van der Waals surface area (Å²) in [4.78, 5) is 21.4. The fourth-order valence-electron chi connectivity index (χ4n) is 3.69. The van der Waals surface area contributed by atoms with Crippen LogP contribution in [0, 0.1) is 20.8 Å². The van der Waals surface area contributed by atoms with Gasteiger partial charge in [-0.05, 0) is 62.1 Å². The summed E-state index contributed by atoms with van der Waals surface area (Å²) in [7, 11) is 0. The summed E-state index contributed by atoms with van der Waals surface area (Å²) in [5, 5.41) is 3.17. The van der Waals surface area contributed by atoms with Crippen molar-refractivity contribution in [3.63, 3.8) is 0 Å². The Balaban J connectivity index is 1.51. The smallest absolute Gasteiger partial charge is 0.234 e. The fraction of sp³-hybridized carbons (Fsp3) is 0.455. The molecule has 2 heterocycles. The number of rotatable bonds is 5. The maximum absolute atomic E-state index is 12.5. The number of carbonyl (C=O) groups is 1. The highest BCUT2D eigenvalue weighted by atomic mass is 16.2. The van der Waals surface area contributed by atoms with Gasteiger partial charge in [0.15, 0.2) is 0 Å². The van der Waals surface area contributed by atoms with Crippen LogP contribution in [0.25, 0.3) is 0 Å². The van der Waals surface area contributed by atoms with E-state index in [2.05, 4.69) is 59.9 Å². The number of hydrogen-bond acceptors (Lipinski definition) is 4. The van der Waals surface area contributed by atoms with E-state index in [4.69, 9.17) is 0 Å². The van der Waals surface area contributed by atoms with Gasteiger partial charge in [-0.2, -0.15) is 0 Å². The summed E-state index contributed by atoms with van der Waals surface area (Å²) in [6.07, 6.45) is 1.82. The summed E-state index contributed by atoms with van der Waals surface area (Å²) >= 11 is 0. The zero-order chi connectivity index (χ0) is 19.4. The van der Waals surface area contributed by atoms with E-state index in [9.17, 15) is 4.79 Å². The minimum atomic E-state index is 0.0200. The number of benzene rings is 1. The lowest BCUT2D eigenvalue weighted by Gasteiger charge is -2.35. The van der Waals surface area contributed by atoms with Crippen LogP contribution < -0.4 is 10.2 Å². The van der Waals surface area contributed by atoms with Gasteiger partial charge in [-0.15, -0.1) is 0 Å². The highest BCUT2D eigenvalue weighted by molar-refractivity contribution is 5.78. The number of pyridine rings is 1. The standard InChI is InChI=1S/C22H30N4O/c1-16-13-18(3)20(14-17(16)2)19(4)24-22(27)15-25-9-11-26(12-10-25)21-7-5-6-8-23-21/h5-8,13-14,19H,9-12,15H2,1-4H3,(H,24,27). The number of carbonyl (C=O) groups excluding carboxylic acids is 1. The normalized spacial score (nSPS) is 16.2. The van der Waals surface area contributed by atoms with Gasteiger partial charge in [-0.3, -0.25) is 9.69 Å². The molecular formula is C22H30N4O. The second kappa shape index (κ2) is 8.53. The Kier molecular flexibility index (Phi) is 6.11. The van der Waals surface area contributed by atoms with Gasteiger partial charge in [0.2, 0.25) is 5.91 Å². The van der Waals surface area contributed by atoms with Crippen molar-refractivity contribution in [3.8, 4) is 0 Å². The summed E-state index contributed by atoms with van der Waals surface area (Å²) in [5.41, 5.74) is 4.99. The van der Waals surface area contributed by atoms with Crippen molar-refractivity contribution < 1.29 is 4.79 Å². The van der Waals surface area contributed by atoms with Gasteiger partial charge < -0.3 is 10.2 Å². The summed E-state index contributed by atoms with van der Waals surface area (Å²) in [6.45, 7) is 12.4. The van der Waals surface area contributed by atoms with Crippen LogP contribution in [0.5, 0.6) is 0 Å². The summed E-state index contributed by atoms with van der Waals surface area (Å²) in [5.74, 6) is 1.10. The van der Waals surface area contributed by atoms with Crippen molar-refractivity contribution in [2.75, 3.05) is 37.6 Å². The highest BCUT2D eigenvalue weighted by Crippen LogP contribution is 2.21. The largest absolute Gasteiger partial charge is 0.354 e. The predicted molar refractivity (Wildman–Crippen MR) is 110 cm³/mol. The third kappa shape index (κ3) is 4.86. The third-order valence-corrected chi connectivity index (χ3v) is 5.44. The number of anilines is 1. The van der Waals surface area contributed by atoms with Crippen LogP contribution in [0.3, 0.4) is 0 Å². The maximum atomic E-state index is 12.5. The molecule has 0 spiro atoms. The van der Waals surface area contributed by atoms with Crippen molar-refractivity contribution in [2.24, 2.45) is 0 Å². The van der Waals surface area contributed by atoms with Gasteiger partial charge in [-0.25, -0.2) is 4.98 Å². The van der Waals surface area contributed by atoms with E-state index in [0.717, 1.165) is 32.0 Å². The molecule has 1 fully saturated rings. The van der Waals surface area contributed by atoms with E-state index < -0.39 is 0 Å². The molecule has 2 aromatic rings. The topological polar surface area (TPSA) is 48.5 Å². The van der Waals surface area contributed by atoms with E-state index in [1.54, 1.807) is 0 Å². The molecule has 1 atom stereocenters. The molecular weight excluding hydrogens is 336 g/mol. The van der Waals surface area contributed by atoms with E-state index in [0.29, 0.717) is 6.54 Å². The predicted octanol–water partition coefficient (Wildman–Crippen LogP) is 3.01. The van der Waals surface area contributed by atoms with E-state index in [1.807, 2.05) is 24.4 Å². The van der Waals surface area contributed by atoms with Gasteiger partial charge >= 0.3 is 0 Å². The Morgan fingerprint density at radius 2 is 1.78 bits per heavy atom. The van der Waals surface area contributed by atoms with Crippen molar-refractivity contribution in [1.82, 2.24) is 15.2 Å². The first kappa shape index (κ1) is 19.4. The first-order valence-electron chi connectivity index (χ1n) is 9.69. The van der Waals surface area contributed by atoms with Gasteiger partial charge in [-0.1, -0.05) is 18.2 Å². The summed E-state index contributed by atoms with van der Waals surface area (Å²) < 4.78 is 0. The second-order valence-corrected chi connectivity index (χ2v) is 7.53. The minimum Gasteiger partial charge on any atom is -0.354 e. The van der Waals surface area contributed by atoms with Crippen LogP contribution in [-0.2, 0) is 4.79 Å². The molecule has 0 aliphatic carbocycles. The Bertz CT molecular complexity index is 782. The Hall–Kier alpha value is -2.40. The second-order valence-electron chi connectivity index (χ2n) is 7.53. The molecule has 3 rings (SSSR count). The number of amides is 1. The molecule has 1 N–H and O–H groups in total. The Morgan fingerprint density at radius 3 is 2.44 bits per heavy atom. The fourth-order valence-corrected chi connectivity index (χ4v) is 3.69. The van der Waals surface area contributed by atoms with Crippen molar-refractivity contribution in [1.29, 1.82) is 0 Å². The van der Waals surface area contributed by atoms with Crippen molar-refractivity contribution in [2.45, 2.75) is 33.7 Å². The molecule has 0 bridgehead atoms. The van der Waals surface area contributed by atoms with Crippen LogP contribution in [0.15, 0.2) is 36.5 Å². The van der Waals surface area contributed by atoms with E-state index >= 15 is 0 Å². The molecule has 1 aliphatic heterocycles. The zero-order valence-electron chi connectivity index (χ0n) is 16.8. The molecule has 1 amide bonds. The summed E-state index contributed by atoms with van der Waals surface area (Å²) in [6, 6.07) is 10.4. The maximum Gasteiger partial charge on any atom is 0.234 e. The molecule has 0 radical (unpaired) electrons. The van der Waals surface area contributed by atoms with Crippen LogP contribution in [0.2, 0.25) is 0 Å².